The van der Waals surface area contributed by atoms with E-state index >= 15 is 0 Å². The largest absolute Gasteiger partial charge is 0.504 e. The van der Waals surface area contributed by atoms with E-state index in [9.17, 15) is 19.5 Å². The van der Waals surface area contributed by atoms with Gasteiger partial charge in [0.25, 0.3) is 16.8 Å². The van der Waals surface area contributed by atoms with Crippen LogP contribution in [0.4, 0.5) is 17.1 Å². The number of rotatable bonds is 5. The number of hydrogen-bond donors (Lipinski definition) is 3. The second-order valence-corrected chi connectivity index (χ2v) is 10.1. The Balaban J connectivity index is 1.64. The van der Waals surface area contributed by atoms with Gasteiger partial charge in [-0.1, -0.05) is 13.8 Å². The van der Waals surface area contributed by atoms with Gasteiger partial charge in [0, 0.05) is 25.7 Å². The number of nitrogens with zero attached hydrogens (tertiary/aromatic N) is 3. The second kappa shape index (κ2) is 7.70. The molecule has 2 aromatic heterocycles. The SMILES string of the molecule is Cc1nc2c(s1)C(Nc1c(Nc3ccnc(C(=O)N(C)C)c3O)c(=O)c1=O)CCC2(C)C. The fourth-order valence-electron chi connectivity index (χ4n) is 3.94. The average Bonchev–Trinajstić information content (AvgIpc) is 3.15. The van der Waals surface area contributed by atoms with Gasteiger partial charge in [-0.3, -0.25) is 14.4 Å². The zero-order valence-corrected chi connectivity index (χ0v) is 19.4. The van der Waals surface area contributed by atoms with Crippen molar-refractivity contribution in [1.29, 1.82) is 0 Å². The summed E-state index contributed by atoms with van der Waals surface area (Å²) >= 11 is 1.59. The van der Waals surface area contributed by atoms with E-state index in [2.05, 4.69) is 29.5 Å². The first-order chi connectivity index (χ1) is 15.0. The Labute approximate surface area is 188 Å². The molecular formula is C22H25N5O4S. The summed E-state index contributed by atoms with van der Waals surface area (Å²) in [5, 5.41) is 17.5. The van der Waals surface area contributed by atoms with Gasteiger partial charge in [0.15, 0.2) is 11.4 Å². The number of nitrogens with one attached hydrogen (secondary N) is 2. The van der Waals surface area contributed by atoms with E-state index in [-0.39, 0.29) is 40.0 Å². The van der Waals surface area contributed by atoms with Crippen LogP contribution in [0.1, 0.15) is 58.8 Å². The molecule has 168 valence electrons. The van der Waals surface area contributed by atoms with Crippen molar-refractivity contribution in [2.45, 2.75) is 45.1 Å². The van der Waals surface area contributed by atoms with Gasteiger partial charge in [-0.2, -0.15) is 0 Å². The molecule has 0 spiro atoms. The molecule has 1 aromatic carbocycles. The minimum absolute atomic E-state index is 0.0502. The lowest BCUT2D eigenvalue weighted by Gasteiger charge is -2.34. The molecule has 10 heteroatoms. The summed E-state index contributed by atoms with van der Waals surface area (Å²) < 4.78 is 0. The minimum atomic E-state index is -0.680. The predicted molar refractivity (Wildman–Crippen MR) is 124 cm³/mol. The van der Waals surface area contributed by atoms with Crippen molar-refractivity contribution in [3.63, 3.8) is 0 Å². The lowest BCUT2D eigenvalue weighted by atomic mass is 9.77. The van der Waals surface area contributed by atoms with Crippen molar-refractivity contribution in [3.05, 3.63) is 54.0 Å². The highest BCUT2D eigenvalue weighted by Gasteiger charge is 2.37. The van der Waals surface area contributed by atoms with Crippen LogP contribution < -0.4 is 21.5 Å². The summed E-state index contributed by atoms with van der Waals surface area (Å²) in [5.41, 5.74) is -0.103. The molecular weight excluding hydrogens is 430 g/mol. The summed E-state index contributed by atoms with van der Waals surface area (Å²) in [5.74, 6) is -0.864. The molecule has 1 aliphatic carbocycles. The van der Waals surface area contributed by atoms with E-state index in [0.29, 0.717) is 0 Å². The predicted octanol–water partition coefficient (Wildman–Crippen LogP) is 2.82. The monoisotopic (exact) mass is 455 g/mol. The van der Waals surface area contributed by atoms with Crippen LogP contribution in [0, 0.1) is 6.92 Å². The Morgan fingerprint density at radius 1 is 1.25 bits per heavy atom. The van der Waals surface area contributed by atoms with Crippen molar-refractivity contribution in [2.24, 2.45) is 0 Å². The molecule has 0 aliphatic heterocycles. The van der Waals surface area contributed by atoms with Gasteiger partial charge in [-0.15, -0.1) is 11.3 Å². The van der Waals surface area contributed by atoms with Crippen LogP contribution in [0.2, 0.25) is 0 Å². The van der Waals surface area contributed by atoms with Gasteiger partial charge in [-0.05, 0) is 25.8 Å². The van der Waals surface area contributed by atoms with Gasteiger partial charge >= 0.3 is 0 Å². The smallest absolute Gasteiger partial charge is 0.275 e. The number of amides is 1. The number of aryl methyl sites for hydroxylation is 1. The number of anilines is 3. The average molecular weight is 456 g/mol. The molecule has 0 radical (unpaired) electrons. The fourth-order valence-corrected chi connectivity index (χ4v) is 5.13. The lowest BCUT2D eigenvalue weighted by molar-refractivity contribution is 0.0819. The molecule has 32 heavy (non-hydrogen) atoms. The normalized spacial score (nSPS) is 17.1. The molecule has 4 rings (SSSR count). The molecule has 2 heterocycles. The van der Waals surface area contributed by atoms with E-state index in [1.807, 2.05) is 6.92 Å². The van der Waals surface area contributed by atoms with Crippen molar-refractivity contribution >= 4 is 34.3 Å². The Kier molecular flexibility index (Phi) is 5.28. The molecule has 3 aromatic rings. The number of fused-ring (bicyclic) bond motifs is 1. The summed E-state index contributed by atoms with van der Waals surface area (Å²) in [6.07, 6.45) is 3.04. The first kappa shape index (κ1) is 21.9. The second-order valence-electron chi connectivity index (χ2n) is 8.85. The maximum atomic E-state index is 12.4. The third kappa shape index (κ3) is 3.54. The standard InChI is InChI=1S/C22H25N5O4S/c1-10-24-20-19(32-10)12(6-8-22(20,2)3)26-14-13(17(29)18(14)30)25-11-7-9-23-15(16(11)28)21(31)27(4)5/h7,9,12,26,28H,6,8H2,1-5H3,(H,23,25). The van der Waals surface area contributed by atoms with Gasteiger partial charge in [0.2, 0.25) is 0 Å². The third-order valence-electron chi connectivity index (χ3n) is 5.80. The Hall–Kier alpha value is -3.27. The molecule has 1 unspecified atom stereocenters. The van der Waals surface area contributed by atoms with Gasteiger partial charge in [-0.25, -0.2) is 9.97 Å². The van der Waals surface area contributed by atoms with Gasteiger partial charge in [0.1, 0.15) is 11.4 Å². The van der Waals surface area contributed by atoms with Crippen molar-refractivity contribution in [3.8, 4) is 5.75 Å². The van der Waals surface area contributed by atoms with Crippen LogP contribution in [0.25, 0.3) is 0 Å². The number of aromatic hydroxyl groups is 1. The third-order valence-corrected chi connectivity index (χ3v) is 6.88. The van der Waals surface area contributed by atoms with Crippen LogP contribution in [0.3, 0.4) is 0 Å². The summed E-state index contributed by atoms with van der Waals surface area (Å²) in [7, 11) is 3.09. The molecule has 9 nitrogen and oxygen atoms in total. The number of aromatic nitrogens is 2. The highest BCUT2D eigenvalue weighted by molar-refractivity contribution is 7.11. The highest BCUT2D eigenvalue weighted by Crippen LogP contribution is 2.45. The van der Waals surface area contributed by atoms with Gasteiger partial charge in [0.05, 0.1) is 27.3 Å². The number of hydrogen-bond acceptors (Lipinski definition) is 9. The zero-order valence-electron chi connectivity index (χ0n) is 18.6. The molecule has 1 atom stereocenters. The molecule has 1 amide bonds. The zero-order chi connectivity index (χ0) is 23.4. The quantitative estimate of drug-likeness (QED) is 0.502. The maximum absolute atomic E-state index is 12.4. The van der Waals surface area contributed by atoms with E-state index < -0.39 is 16.8 Å². The lowest BCUT2D eigenvalue weighted by Crippen LogP contribution is -2.38. The van der Waals surface area contributed by atoms with Crippen LogP contribution in [-0.2, 0) is 5.41 Å². The van der Waals surface area contributed by atoms with Crippen LogP contribution in [0.5, 0.6) is 5.75 Å². The number of thiazole rings is 1. The molecule has 0 saturated heterocycles. The van der Waals surface area contributed by atoms with E-state index in [1.165, 1.54) is 17.2 Å². The van der Waals surface area contributed by atoms with Crippen molar-refractivity contribution in [2.75, 3.05) is 24.7 Å². The highest BCUT2D eigenvalue weighted by atomic mass is 32.1. The number of carbonyl (C=O) groups excluding carboxylic acids is 1. The first-order valence-corrected chi connectivity index (χ1v) is 11.1. The van der Waals surface area contributed by atoms with Crippen LogP contribution >= 0.6 is 11.3 Å². The van der Waals surface area contributed by atoms with Crippen molar-refractivity contribution < 1.29 is 9.90 Å². The first-order valence-electron chi connectivity index (χ1n) is 10.3. The molecule has 3 N–H and O–H groups in total. The molecule has 0 saturated carbocycles. The summed E-state index contributed by atoms with van der Waals surface area (Å²) in [4.78, 5) is 47.9. The Morgan fingerprint density at radius 2 is 1.94 bits per heavy atom. The summed E-state index contributed by atoms with van der Waals surface area (Å²) in [6.45, 7) is 6.27. The van der Waals surface area contributed by atoms with E-state index in [0.717, 1.165) is 28.4 Å². The number of pyridine rings is 1. The summed E-state index contributed by atoms with van der Waals surface area (Å²) in [6, 6.07) is 1.31. The Morgan fingerprint density at radius 3 is 2.62 bits per heavy atom. The topological polar surface area (TPSA) is 125 Å². The Bertz CT molecular complexity index is 1290. The molecule has 0 fully saturated rings. The van der Waals surface area contributed by atoms with Crippen molar-refractivity contribution in [1.82, 2.24) is 14.9 Å². The van der Waals surface area contributed by atoms with Crippen LogP contribution in [0.15, 0.2) is 21.9 Å². The minimum Gasteiger partial charge on any atom is -0.504 e. The van der Waals surface area contributed by atoms with Crippen LogP contribution in [-0.4, -0.2) is 40.0 Å². The van der Waals surface area contributed by atoms with E-state index in [1.54, 1.807) is 25.4 Å². The number of carbonyl (C=O) groups is 1. The fraction of sp³-hybridized carbons (Fsp3) is 0.409. The maximum Gasteiger partial charge on any atom is 0.275 e. The molecule has 0 bridgehead atoms. The van der Waals surface area contributed by atoms with E-state index in [4.69, 9.17) is 4.98 Å². The van der Waals surface area contributed by atoms with Gasteiger partial charge < -0.3 is 20.6 Å². The molecule has 1 aliphatic rings.